The molecule has 0 aliphatic carbocycles. The predicted octanol–water partition coefficient (Wildman–Crippen LogP) is 5.01. The largest absolute Gasteiger partial charge is 0.294 e. The minimum Gasteiger partial charge on any atom is -0.282 e. The van der Waals surface area contributed by atoms with Crippen LogP contribution in [0.25, 0.3) is 0 Å². The van der Waals surface area contributed by atoms with Crippen molar-refractivity contribution in [3.8, 4) is 0 Å². The van der Waals surface area contributed by atoms with Crippen molar-refractivity contribution < 1.29 is 13.0 Å². The van der Waals surface area contributed by atoms with Gasteiger partial charge in [0, 0.05) is 0 Å². The van der Waals surface area contributed by atoms with Crippen molar-refractivity contribution in [2.45, 2.75) is 76.0 Å². The van der Waals surface area contributed by atoms with E-state index in [-0.39, 0.29) is 4.90 Å². The smallest absolute Gasteiger partial charge is 0.282 e. The van der Waals surface area contributed by atoms with E-state index in [1.165, 1.54) is 51.0 Å². The van der Waals surface area contributed by atoms with Gasteiger partial charge in [0.2, 0.25) is 0 Å². The van der Waals surface area contributed by atoms with Gasteiger partial charge in [-0.15, -0.1) is 0 Å². The van der Waals surface area contributed by atoms with E-state index >= 15 is 0 Å². The van der Waals surface area contributed by atoms with Crippen LogP contribution >= 0.6 is 0 Å². The van der Waals surface area contributed by atoms with E-state index in [9.17, 15) is 13.0 Å². The van der Waals surface area contributed by atoms with E-state index in [0.29, 0.717) is 6.42 Å². The second kappa shape index (κ2) is 9.96. The molecule has 0 atom stereocenters. The van der Waals surface area contributed by atoms with Crippen LogP contribution in [0.4, 0.5) is 0 Å². The van der Waals surface area contributed by atoms with Gasteiger partial charge >= 0.3 is 0 Å². The SMILES string of the molecule is CCCCCCCCCCCc1ccccc1S(=O)(=O)O. The Morgan fingerprint density at radius 1 is 0.857 bits per heavy atom. The van der Waals surface area contributed by atoms with Gasteiger partial charge in [-0.05, 0) is 24.5 Å². The molecule has 1 aromatic rings. The number of benzene rings is 1. The molecule has 0 radical (unpaired) electrons. The molecule has 0 aliphatic heterocycles. The average Bonchev–Trinajstić information content (AvgIpc) is 2.45. The quantitative estimate of drug-likeness (QED) is 0.462. The van der Waals surface area contributed by atoms with Gasteiger partial charge in [0.25, 0.3) is 10.1 Å². The van der Waals surface area contributed by atoms with Gasteiger partial charge < -0.3 is 0 Å². The summed E-state index contributed by atoms with van der Waals surface area (Å²) in [5.41, 5.74) is 0.725. The highest BCUT2D eigenvalue weighted by molar-refractivity contribution is 7.85. The molecular weight excluding hydrogens is 284 g/mol. The Morgan fingerprint density at radius 2 is 1.38 bits per heavy atom. The lowest BCUT2D eigenvalue weighted by atomic mass is 10.0. The molecule has 0 saturated carbocycles. The third kappa shape index (κ3) is 7.63. The molecule has 1 N–H and O–H groups in total. The monoisotopic (exact) mass is 312 g/mol. The van der Waals surface area contributed by atoms with E-state index in [2.05, 4.69) is 6.92 Å². The number of rotatable bonds is 11. The summed E-state index contributed by atoms with van der Waals surface area (Å²) < 4.78 is 31.7. The van der Waals surface area contributed by atoms with Crippen LogP contribution in [0.15, 0.2) is 29.2 Å². The molecule has 0 fully saturated rings. The third-order valence-electron chi connectivity index (χ3n) is 3.80. The fourth-order valence-corrected chi connectivity index (χ4v) is 3.34. The lowest BCUT2D eigenvalue weighted by Crippen LogP contribution is -2.03. The van der Waals surface area contributed by atoms with Crippen molar-refractivity contribution in [2.75, 3.05) is 0 Å². The summed E-state index contributed by atoms with van der Waals surface area (Å²) in [7, 11) is -4.09. The highest BCUT2D eigenvalue weighted by Gasteiger charge is 2.13. The van der Waals surface area contributed by atoms with Crippen LogP contribution in [0.1, 0.15) is 70.3 Å². The van der Waals surface area contributed by atoms with Gasteiger partial charge in [0.1, 0.15) is 0 Å². The number of unbranched alkanes of at least 4 members (excludes halogenated alkanes) is 8. The maximum absolute atomic E-state index is 11.3. The molecule has 120 valence electrons. The average molecular weight is 312 g/mol. The van der Waals surface area contributed by atoms with Crippen LogP contribution in [0.2, 0.25) is 0 Å². The zero-order valence-corrected chi connectivity index (χ0v) is 13.9. The van der Waals surface area contributed by atoms with E-state index < -0.39 is 10.1 Å². The molecule has 0 aromatic heterocycles. The first-order valence-electron chi connectivity index (χ1n) is 8.11. The minimum atomic E-state index is -4.09. The zero-order chi connectivity index (χ0) is 15.6. The first-order chi connectivity index (χ1) is 10.1. The standard InChI is InChI=1S/C17H28O3S/c1-2-3-4-5-6-7-8-9-10-13-16-14-11-12-15-17(16)21(18,19)20/h11-12,14-15H,2-10,13H2,1H3,(H,18,19,20). The van der Waals surface area contributed by atoms with Crippen molar-refractivity contribution in [1.82, 2.24) is 0 Å². The molecule has 0 saturated heterocycles. The molecule has 0 amide bonds. The van der Waals surface area contributed by atoms with Gasteiger partial charge in [-0.3, -0.25) is 4.55 Å². The molecular formula is C17H28O3S. The Hall–Kier alpha value is -0.870. The predicted molar refractivity (Wildman–Crippen MR) is 87.2 cm³/mol. The van der Waals surface area contributed by atoms with Crippen LogP contribution in [-0.2, 0) is 16.5 Å². The first kappa shape index (κ1) is 18.2. The fraction of sp³-hybridized carbons (Fsp3) is 0.647. The summed E-state index contributed by atoms with van der Waals surface area (Å²) in [6.45, 7) is 2.23. The van der Waals surface area contributed by atoms with E-state index in [1.807, 2.05) is 6.07 Å². The van der Waals surface area contributed by atoms with Gasteiger partial charge in [-0.1, -0.05) is 76.5 Å². The fourth-order valence-electron chi connectivity index (χ4n) is 2.59. The Labute approximate surface area is 129 Å². The number of hydrogen-bond donors (Lipinski definition) is 1. The maximum atomic E-state index is 11.3. The van der Waals surface area contributed by atoms with Crippen molar-refractivity contribution in [2.24, 2.45) is 0 Å². The Bertz CT molecular complexity index is 495. The highest BCUT2D eigenvalue weighted by Crippen LogP contribution is 2.18. The molecule has 0 unspecified atom stereocenters. The highest BCUT2D eigenvalue weighted by atomic mass is 32.2. The molecule has 0 bridgehead atoms. The molecule has 0 spiro atoms. The normalized spacial score (nSPS) is 11.7. The summed E-state index contributed by atoms with van der Waals surface area (Å²) in [6.07, 6.45) is 11.9. The van der Waals surface area contributed by atoms with Crippen molar-refractivity contribution in [1.29, 1.82) is 0 Å². The zero-order valence-electron chi connectivity index (χ0n) is 13.1. The minimum absolute atomic E-state index is 0.0598. The van der Waals surface area contributed by atoms with Crippen molar-refractivity contribution in [3.63, 3.8) is 0 Å². The van der Waals surface area contributed by atoms with E-state index in [0.717, 1.165) is 18.4 Å². The number of aryl methyl sites for hydroxylation is 1. The van der Waals surface area contributed by atoms with Gasteiger partial charge in [0.15, 0.2) is 0 Å². The summed E-state index contributed by atoms with van der Waals surface area (Å²) in [5.74, 6) is 0. The molecule has 0 heterocycles. The third-order valence-corrected chi connectivity index (χ3v) is 4.75. The molecule has 21 heavy (non-hydrogen) atoms. The lowest BCUT2D eigenvalue weighted by Gasteiger charge is -2.07. The lowest BCUT2D eigenvalue weighted by molar-refractivity contribution is 0.481. The summed E-state index contributed by atoms with van der Waals surface area (Å²) in [4.78, 5) is 0.0598. The second-order valence-corrected chi connectivity index (χ2v) is 7.05. The van der Waals surface area contributed by atoms with E-state index in [4.69, 9.17) is 0 Å². The van der Waals surface area contributed by atoms with Crippen LogP contribution in [0, 0.1) is 0 Å². The van der Waals surface area contributed by atoms with Crippen molar-refractivity contribution >= 4 is 10.1 Å². The van der Waals surface area contributed by atoms with Crippen LogP contribution in [0.5, 0.6) is 0 Å². The van der Waals surface area contributed by atoms with Crippen LogP contribution in [-0.4, -0.2) is 13.0 Å². The molecule has 1 rings (SSSR count). The number of hydrogen-bond acceptors (Lipinski definition) is 2. The van der Waals surface area contributed by atoms with Crippen molar-refractivity contribution in [3.05, 3.63) is 29.8 Å². The molecule has 4 heteroatoms. The summed E-state index contributed by atoms with van der Waals surface area (Å²) in [6, 6.07) is 6.72. The molecule has 3 nitrogen and oxygen atoms in total. The topological polar surface area (TPSA) is 54.4 Å². The Morgan fingerprint density at radius 3 is 1.95 bits per heavy atom. The Kier molecular flexibility index (Phi) is 8.62. The van der Waals surface area contributed by atoms with Crippen LogP contribution in [0.3, 0.4) is 0 Å². The molecule has 0 aliphatic rings. The van der Waals surface area contributed by atoms with Gasteiger partial charge in [-0.25, -0.2) is 0 Å². The first-order valence-corrected chi connectivity index (χ1v) is 9.55. The summed E-state index contributed by atoms with van der Waals surface area (Å²) in [5, 5.41) is 0. The Balaban J connectivity index is 2.22. The van der Waals surface area contributed by atoms with Gasteiger partial charge in [-0.2, -0.15) is 8.42 Å². The maximum Gasteiger partial charge on any atom is 0.294 e. The molecule has 1 aromatic carbocycles. The second-order valence-electron chi connectivity index (χ2n) is 5.66. The summed E-state index contributed by atoms with van der Waals surface area (Å²) >= 11 is 0. The van der Waals surface area contributed by atoms with Crippen LogP contribution < -0.4 is 0 Å². The van der Waals surface area contributed by atoms with Gasteiger partial charge in [0.05, 0.1) is 4.90 Å². The van der Waals surface area contributed by atoms with E-state index in [1.54, 1.807) is 12.1 Å².